The van der Waals surface area contributed by atoms with Crippen LogP contribution in [0.5, 0.6) is 5.75 Å². The Hall–Kier alpha value is -3.35. The van der Waals surface area contributed by atoms with Crippen LogP contribution >= 0.6 is 0 Å². The highest BCUT2D eigenvalue weighted by molar-refractivity contribution is 5.78. The van der Waals surface area contributed by atoms with Gasteiger partial charge >= 0.3 is 0 Å². The van der Waals surface area contributed by atoms with Crippen molar-refractivity contribution in [3.8, 4) is 17.1 Å². The van der Waals surface area contributed by atoms with E-state index in [2.05, 4.69) is 33.7 Å². The monoisotopic (exact) mass is 403 g/mol. The average molecular weight is 403 g/mol. The van der Waals surface area contributed by atoms with Crippen LogP contribution in [0, 0.1) is 0 Å². The van der Waals surface area contributed by atoms with E-state index in [1.165, 1.54) is 5.56 Å². The van der Waals surface area contributed by atoms with Crippen LogP contribution in [0.25, 0.3) is 11.4 Å². The number of rotatable bonds is 5. The van der Waals surface area contributed by atoms with Crippen molar-refractivity contribution in [2.24, 2.45) is 0 Å². The molecule has 0 bridgehead atoms. The number of nitrogens with one attached hydrogen (secondary N) is 2. The first-order chi connectivity index (χ1) is 14.8. The zero-order valence-corrected chi connectivity index (χ0v) is 16.8. The highest BCUT2D eigenvalue weighted by atomic mass is 16.5. The van der Waals surface area contributed by atoms with Crippen molar-refractivity contribution < 1.29 is 9.53 Å². The van der Waals surface area contributed by atoms with Gasteiger partial charge in [-0.15, -0.1) is 0 Å². The number of para-hydroxylation sites is 1. The fourth-order valence-electron chi connectivity index (χ4n) is 4.24. The average Bonchev–Trinajstić information content (AvgIpc) is 3.47. The number of carbonyl (C=O) groups excluding carboxylic acids is 1. The number of anilines is 1. The van der Waals surface area contributed by atoms with Crippen molar-refractivity contribution in [1.82, 2.24) is 20.1 Å². The van der Waals surface area contributed by atoms with Crippen LogP contribution < -0.4 is 10.1 Å². The van der Waals surface area contributed by atoms with Crippen LogP contribution in [0.4, 0.5) is 5.69 Å². The maximum atomic E-state index is 12.9. The molecular formula is C23H25N5O2. The van der Waals surface area contributed by atoms with Gasteiger partial charge in [0.2, 0.25) is 0 Å². The molecule has 30 heavy (non-hydrogen) atoms. The number of nitrogens with zero attached hydrogens (tertiary/aromatic N) is 3. The second-order valence-electron chi connectivity index (χ2n) is 7.79. The van der Waals surface area contributed by atoms with Crippen LogP contribution in [0.3, 0.4) is 0 Å². The summed E-state index contributed by atoms with van der Waals surface area (Å²) >= 11 is 0. The summed E-state index contributed by atoms with van der Waals surface area (Å²) in [6, 6.07) is 15.6. The van der Waals surface area contributed by atoms with Crippen molar-refractivity contribution in [2.75, 3.05) is 25.0 Å². The number of likely N-dealkylation sites (tertiary alicyclic amines) is 1. The van der Waals surface area contributed by atoms with Gasteiger partial charge in [-0.25, -0.2) is 4.98 Å². The first-order valence-electron chi connectivity index (χ1n) is 10.5. The van der Waals surface area contributed by atoms with E-state index in [0.29, 0.717) is 18.1 Å². The van der Waals surface area contributed by atoms with E-state index in [1.54, 1.807) is 0 Å². The maximum absolute atomic E-state index is 12.9. The zero-order valence-electron chi connectivity index (χ0n) is 16.8. The van der Waals surface area contributed by atoms with Gasteiger partial charge in [-0.2, -0.15) is 5.10 Å². The quantitative estimate of drug-likeness (QED) is 0.680. The third-order valence-corrected chi connectivity index (χ3v) is 5.82. The Labute approximate surface area is 175 Å². The Morgan fingerprint density at radius 3 is 2.97 bits per heavy atom. The summed E-state index contributed by atoms with van der Waals surface area (Å²) in [5, 5.41) is 10.9. The van der Waals surface area contributed by atoms with Crippen molar-refractivity contribution in [2.45, 2.75) is 31.7 Å². The minimum absolute atomic E-state index is 0.0248. The van der Waals surface area contributed by atoms with E-state index in [-0.39, 0.29) is 18.6 Å². The number of carbonyl (C=O) groups is 1. The molecule has 1 aromatic heterocycles. The lowest BCUT2D eigenvalue weighted by Gasteiger charge is -2.34. The third-order valence-electron chi connectivity index (χ3n) is 5.82. The molecule has 1 amide bonds. The van der Waals surface area contributed by atoms with E-state index < -0.39 is 0 Å². The molecule has 0 radical (unpaired) electrons. The Bertz CT molecular complexity index is 1030. The van der Waals surface area contributed by atoms with Crippen molar-refractivity contribution in [3.63, 3.8) is 0 Å². The number of hydrogen-bond acceptors (Lipinski definition) is 5. The summed E-state index contributed by atoms with van der Waals surface area (Å²) in [5.41, 5.74) is 3.47. The van der Waals surface area contributed by atoms with Gasteiger partial charge < -0.3 is 15.0 Å². The van der Waals surface area contributed by atoms with E-state index in [0.717, 1.165) is 49.3 Å². The molecule has 1 atom stereocenters. The summed E-state index contributed by atoms with van der Waals surface area (Å²) in [6.07, 6.45) is 3.98. The molecule has 0 saturated carbocycles. The predicted octanol–water partition coefficient (Wildman–Crippen LogP) is 3.57. The van der Waals surface area contributed by atoms with Crippen molar-refractivity contribution >= 4 is 11.6 Å². The summed E-state index contributed by atoms with van der Waals surface area (Å²) in [5.74, 6) is 2.08. The molecule has 154 valence electrons. The normalized spacial score (nSPS) is 18.0. The number of piperidine rings is 1. The molecule has 2 aliphatic heterocycles. The Balaban J connectivity index is 1.31. The lowest BCUT2D eigenvalue weighted by molar-refractivity contribution is -0.137. The fraction of sp³-hybridized carbons (Fsp3) is 0.348. The number of fused-ring (bicyclic) bond motifs is 1. The minimum atomic E-state index is -0.0978. The number of hydrogen-bond donors (Lipinski definition) is 2. The molecule has 7 nitrogen and oxygen atoms in total. The van der Waals surface area contributed by atoms with Crippen LogP contribution in [-0.4, -0.2) is 45.7 Å². The highest BCUT2D eigenvalue weighted by Gasteiger charge is 2.31. The molecule has 2 N–H and O–H groups in total. The van der Waals surface area contributed by atoms with Crippen molar-refractivity contribution in [1.29, 1.82) is 0 Å². The van der Waals surface area contributed by atoms with Gasteiger partial charge in [-0.3, -0.25) is 9.89 Å². The molecule has 5 rings (SSSR count). The van der Waals surface area contributed by atoms with Crippen LogP contribution in [0.2, 0.25) is 0 Å². The smallest absolute Gasteiger partial charge is 0.261 e. The fourth-order valence-corrected chi connectivity index (χ4v) is 4.24. The molecular weight excluding hydrogens is 378 g/mol. The van der Waals surface area contributed by atoms with Crippen molar-refractivity contribution in [3.05, 3.63) is 59.9 Å². The second-order valence-corrected chi connectivity index (χ2v) is 7.79. The summed E-state index contributed by atoms with van der Waals surface area (Å²) in [7, 11) is 0. The molecule has 1 saturated heterocycles. The molecule has 3 aromatic rings. The van der Waals surface area contributed by atoms with Gasteiger partial charge in [-0.05, 0) is 49.4 Å². The minimum Gasteiger partial charge on any atom is -0.484 e. The van der Waals surface area contributed by atoms with Gasteiger partial charge in [-0.1, -0.05) is 30.3 Å². The number of H-pyrrole nitrogens is 1. The topological polar surface area (TPSA) is 83.1 Å². The standard InChI is InChI=1S/C23H25N5O2/c29-21(15-30-18-6-2-1-3-7-18)28-13-5-4-8-20(28)23-25-22(26-27-23)17-10-9-16-11-12-24-19(16)14-17/h1-3,6-7,9-10,14,20,24H,4-5,8,11-13,15H2,(H,25,26,27). The SMILES string of the molecule is O=C(COc1ccccc1)N1CCCCC1c1nc(-c2ccc3c(c2)NCC3)n[nH]1. The Morgan fingerprint density at radius 1 is 1.17 bits per heavy atom. The first-order valence-corrected chi connectivity index (χ1v) is 10.5. The molecule has 2 aromatic carbocycles. The number of benzene rings is 2. The van der Waals surface area contributed by atoms with E-state index >= 15 is 0 Å². The lowest BCUT2D eigenvalue weighted by Crippen LogP contribution is -2.41. The number of aromatic nitrogens is 3. The van der Waals surface area contributed by atoms with Crippen LogP contribution in [0.15, 0.2) is 48.5 Å². The molecule has 3 heterocycles. The summed E-state index contributed by atoms with van der Waals surface area (Å²) in [6.45, 7) is 1.71. The second kappa shape index (κ2) is 8.18. The molecule has 1 fully saturated rings. The van der Waals surface area contributed by atoms with Gasteiger partial charge in [0.1, 0.15) is 11.6 Å². The van der Waals surface area contributed by atoms with Gasteiger partial charge in [0.15, 0.2) is 12.4 Å². The largest absolute Gasteiger partial charge is 0.484 e. The molecule has 1 unspecified atom stereocenters. The molecule has 0 spiro atoms. The molecule has 7 heteroatoms. The highest BCUT2D eigenvalue weighted by Crippen LogP contribution is 2.31. The zero-order chi connectivity index (χ0) is 20.3. The Morgan fingerprint density at radius 2 is 2.07 bits per heavy atom. The number of aromatic amines is 1. The molecule has 2 aliphatic rings. The summed E-state index contributed by atoms with van der Waals surface area (Å²) < 4.78 is 5.68. The third kappa shape index (κ3) is 3.75. The number of amides is 1. The molecule has 0 aliphatic carbocycles. The van der Waals surface area contributed by atoms with Gasteiger partial charge in [0.05, 0.1) is 6.04 Å². The lowest BCUT2D eigenvalue weighted by atomic mass is 10.0. The van der Waals surface area contributed by atoms with Crippen LogP contribution in [0.1, 0.15) is 36.7 Å². The van der Waals surface area contributed by atoms with Crippen LogP contribution in [-0.2, 0) is 11.2 Å². The van der Waals surface area contributed by atoms with E-state index in [4.69, 9.17) is 9.72 Å². The van der Waals surface area contributed by atoms with Gasteiger partial charge in [0, 0.05) is 24.3 Å². The van der Waals surface area contributed by atoms with E-state index in [9.17, 15) is 4.79 Å². The summed E-state index contributed by atoms with van der Waals surface area (Å²) in [4.78, 5) is 19.5. The van der Waals surface area contributed by atoms with E-state index in [1.807, 2.05) is 35.2 Å². The Kier molecular flexibility index (Phi) is 5.09. The maximum Gasteiger partial charge on any atom is 0.261 e. The first kappa shape index (κ1) is 18.7. The number of ether oxygens (including phenoxy) is 1. The van der Waals surface area contributed by atoms with Gasteiger partial charge in [0.25, 0.3) is 5.91 Å². The predicted molar refractivity (Wildman–Crippen MR) is 114 cm³/mol.